The third-order valence-corrected chi connectivity index (χ3v) is 2.18. The number of alkyl halides is 1. The maximum atomic E-state index is 11.4. The zero-order chi connectivity index (χ0) is 12.1. The standard InChI is InChI=1S/C9H9BrN2O4/c10-4-8(15)11-12-9(16)5-1-2-6(13)7(14)3-5/h1-3,13-14H,4H2,(H,11,15)(H,12,16). The number of benzene rings is 1. The molecule has 7 heteroatoms. The molecule has 0 atom stereocenters. The van der Waals surface area contributed by atoms with E-state index in [4.69, 9.17) is 10.2 Å². The van der Waals surface area contributed by atoms with Gasteiger partial charge in [0.15, 0.2) is 11.5 Å². The molecule has 0 spiro atoms. The molecule has 0 aromatic heterocycles. The molecule has 0 unspecified atom stereocenters. The lowest BCUT2D eigenvalue weighted by Crippen LogP contribution is -2.42. The number of amides is 2. The van der Waals surface area contributed by atoms with Crippen molar-refractivity contribution in [3.05, 3.63) is 23.8 Å². The lowest BCUT2D eigenvalue weighted by molar-refractivity contribution is -0.119. The van der Waals surface area contributed by atoms with Crippen molar-refractivity contribution < 1.29 is 19.8 Å². The second-order valence-corrected chi connectivity index (χ2v) is 3.40. The van der Waals surface area contributed by atoms with Gasteiger partial charge in [-0.05, 0) is 18.2 Å². The third kappa shape index (κ3) is 3.13. The molecule has 0 saturated heterocycles. The van der Waals surface area contributed by atoms with Crippen LogP contribution in [0, 0.1) is 0 Å². The summed E-state index contributed by atoms with van der Waals surface area (Å²) in [7, 11) is 0. The summed E-state index contributed by atoms with van der Waals surface area (Å²) < 4.78 is 0. The van der Waals surface area contributed by atoms with Gasteiger partial charge in [0.05, 0.1) is 5.33 Å². The van der Waals surface area contributed by atoms with E-state index in [9.17, 15) is 9.59 Å². The number of halogens is 1. The van der Waals surface area contributed by atoms with Crippen LogP contribution in [0.1, 0.15) is 10.4 Å². The maximum Gasteiger partial charge on any atom is 0.269 e. The van der Waals surface area contributed by atoms with Crippen LogP contribution in [0.5, 0.6) is 11.5 Å². The Morgan fingerprint density at radius 1 is 1.19 bits per heavy atom. The van der Waals surface area contributed by atoms with E-state index in [2.05, 4.69) is 26.8 Å². The van der Waals surface area contributed by atoms with Gasteiger partial charge in [0.25, 0.3) is 5.91 Å². The van der Waals surface area contributed by atoms with Crippen LogP contribution in [0.3, 0.4) is 0 Å². The number of carbonyl (C=O) groups excluding carboxylic acids is 2. The van der Waals surface area contributed by atoms with Crippen molar-refractivity contribution in [2.45, 2.75) is 0 Å². The number of aromatic hydroxyl groups is 2. The van der Waals surface area contributed by atoms with Crippen molar-refractivity contribution >= 4 is 27.7 Å². The second kappa shape index (κ2) is 5.36. The van der Waals surface area contributed by atoms with Crippen molar-refractivity contribution in [1.29, 1.82) is 0 Å². The van der Waals surface area contributed by atoms with Crippen molar-refractivity contribution in [1.82, 2.24) is 10.9 Å². The van der Waals surface area contributed by atoms with Crippen LogP contribution in [0.2, 0.25) is 0 Å². The molecule has 16 heavy (non-hydrogen) atoms. The summed E-state index contributed by atoms with van der Waals surface area (Å²) in [6.45, 7) is 0. The van der Waals surface area contributed by atoms with Crippen molar-refractivity contribution in [3.8, 4) is 11.5 Å². The Labute approximate surface area is 99.4 Å². The van der Waals surface area contributed by atoms with Crippen molar-refractivity contribution in [3.63, 3.8) is 0 Å². The first-order chi connectivity index (χ1) is 7.54. The Kier molecular flexibility index (Phi) is 4.12. The molecule has 0 aliphatic heterocycles. The summed E-state index contributed by atoms with van der Waals surface area (Å²) in [5, 5.41) is 18.2. The Morgan fingerprint density at radius 2 is 1.88 bits per heavy atom. The molecule has 1 aromatic carbocycles. The Balaban J connectivity index is 2.66. The lowest BCUT2D eigenvalue weighted by Gasteiger charge is -2.06. The first-order valence-electron chi connectivity index (χ1n) is 4.21. The van der Waals surface area contributed by atoms with Gasteiger partial charge in [0.2, 0.25) is 5.91 Å². The smallest absolute Gasteiger partial charge is 0.269 e. The van der Waals surface area contributed by atoms with E-state index < -0.39 is 17.6 Å². The third-order valence-electron chi connectivity index (χ3n) is 1.67. The summed E-state index contributed by atoms with van der Waals surface area (Å²) in [5.74, 6) is -1.72. The summed E-state index contributed by atoms with van der Waals surface area (Å²) in [6.07, 6.45) is 0. The van der Waals surface area contributed by atoms with Gasteiger partial charge < -0.3 is 10.2 Å². The molecule has 0 bridgehead atoms. The average Bonchev–Trinajstić information content (AvgIpc) is 2.29. The topological polar surface area (TPSA) is 98.7 Å². The van der Waals surface area contributed by atoms with Crippen LogP contribution >= 0.6 is 15.9 Å². The predicted molar refractivity (Wildman–Crippen MR) is 59.2 cm³/mol. The molecular formula is C9H9BrN2O4. The Hall–Kier alpha value is -1.76. The minimum atomic E-state index is -0.593. The number of hydrogen-bond acceptors (Lipinski definition) is 4. The fourth-order valence-corrected chi connectivity index (χ4v) is 1.04. The molecule has 6 nitrogen and oxygen atoms in total. The summed E-state index contributed by atoms with van der Waals surface area (Å²) in [5.41, 5.74) is 4.39. The number of hydrazine groups is 1. The van der Waals surface area contributed by atoms with E-state index in [1.54, 1.807) is 0 Å². The van der Waals surface area contributed by atoms with E-state index in [1.165, 1.54) is 12.1 Å². The molecule has 1 aromatic rings. The number of rotatable bonds is 2. The van der Waals surface area contributed by atoms with Gasteiger partial charge in [-0.25, -0.2) is 0 Å². The fraction of sp³-hybridized carbons (Fsp3) is 0.111. The molecule has 0 heterocycles. The van der Waals surface area contributed by atoms with E-state index in [0.29, 0.717) is 0 Å². The highest BCUT2D eigenvalue weighted by Gasteiger charge is 2.09. The Bertz CT molecular complexity index is 422. The van der Waals surface area contributed by atoms with Crippen molar-refractivity contribution in [2.24, 2.45) is 0 Å². The highest BCUT2D eigenvalue weighted by Crippen LogP contribution is 2.24. The molecule has 0 radical (unpaired) electrons. The summed E-state index contributed by atoms with van der Waals surface area (Å²) in [6, 6.07) is 3.58. The summed E-state index contributed by atoms with van der Waals surface area (Å²) >= 11 is 2.91. The molecular weight excluding hydrogens is 280 g/mol. The van der Waals surface area contributed by atoms with Gasteiger partial charge in [0, 0.05) is 5.56 Å². The van der Waals surface area contributed by atoms with Gasteiger partial charge in [-0.15, -0.1) is 0 Å². The largest absolute Gasteiger partial charge is 0.504 e. The maximum absolute atomic E-state index is 11.4. The molecule has 0 fully saturated rings. The molecule has 86 valence electrons. The van der Waals surface area contributed by atoms with E-state index in [0.717, 1.165) is 6.07 Å². The normalized spacial score (nSPS) is 9.56. The molecule has 2 amide bonds. The minimum Gasteiger partial charge on any atom is -0.504 e. The first-order valence-corrected chi connectivity index (χ1v) is 5.34. The molecule has 0 saturated carbocycles. The highest BCUT2D eigenvalue weighted by molar-refractivity contribution is 9.09. The zero-order valence-electron chi connectivity index (χ0n) is 8.03. The Morgan fingerprint density at radius 3 is 2.44 bits per heavy atom. The van der Waals surface area contributed by atoms with Crippen LogP contribution in [-0.4, -0.2) is 27.4 Å². The van der Waals surface area contributed by atoms with Crippen molar-refractivity contribution in [2.75, 3.05) is 5.33 Å². The van der Waals surface area contributed by atoms with E-state index in [-0.39, 0.29) is 16.6 Å². The molecule has 0 aliphatic carbocycles. The number of nitrogens with one attached hydrogen (secondary N) is 2. The monoisotopic (exact) mass is 288 g/mol. The van der Waals surface area contributed by atoms with Gasteiger partial charge in [0.1, 0.15) is 0 Å². The SMILES string of the molecule is O=C(CBr)NNC(=O)c1ccc(O)c(O)c1. The molecule has 0 aliphatic rings. The van der Waals surface area contributed by atoms with Crippen LogP contribution < -0.4 is 10.9 Å². The number of phenols is 2. The number of hydrogen-bond donors (Lipinski definition) is 4. The number of carbonyl (C=O) groups is 2. The van der Waals surface area contributed by atoms with Crippen LogP contribution in [0.4, 0.5) is 0 Å². The first kappa shape index (κ1) is 12.3. The van der Waals surface area contributed by atoms with E-state index >= 15 is 0 Å². The quantitative estimate of drug-likeness (QED) is 0.356. The van der Waals surface area contributed by atoms with Gasteiger partial charge in [-0.3, -0.25) is 20.4 Å². The predicted octanol–water partition coefficient (Wildman–Crippen LogP) is 0.254. The molecule has 4 N–H and O–H groups in total. The minimum absolute atomic E-state index is 0.0636. The molecule has 1 rings (SSSR count). The fourth-order valence-electron chi connectivity index (χ4n) is 0.897. The van der Waals surface area contributed by atoms with Gasteiger partial charge in [-0.1, -0.05) is 15.9 Å². The van der Waals surface area contributed by atoms with E-state index in [1.807, 2.05) is 0 Å². The lowest BCUT2D eigenvalue weighted by atomic mass is 10.2. The second-order valence-electron chi connectivity index (χ2n) is 2.84. The zero-order valence-corrected chi connectivity index (χ0v) is 9.61. The average molecular weight is 289 g/mol. The van der Waals surface area contributed by atoms with Gasteiger partial charge >= 0.3 is 0 Å². The van der Waals surface area contributed by atoms with Crippen LogP contribution in [-0.2, 0) is 4.79 Å². The summed E-state index contributed by atoms with van der Waals surface area (Å²) in [4.78, 5) is 22.2. The van der Waals surface area contributed by atoms with Gasteiger partial charge in [-0.2, -0.15) is 0 Å². The number of phenolic OH excluding ortho intramolecular Hbond substituents is 2. The van der Waals surface area contributed by atoms with Crippen LogP contribution in [0.25, 0.3) is 0 Å². The highest BCUT2D eigenvalue weighted by atomic mass is 79.9. The van der Waals surface area contributed by atoms with Crippen LogP contribution in [0.15, 0.2) is 18.2 Å².